The summed E-state index contributed by atoms with van der Waals surface area (Å²) in [5.74, 6) is 7.53. The van der Waals surface area contributed by atoms with E-state index in [2.05, 4.69) is 39.9 Å². The second kappa shape index (κ2) is 7.64. The fraction of sp³-hybridized carbons (Fsp3) is 0.529. The zero-order chi connectivity index (χ0) is 12.6. The summed E-state index contributed by atoms with van der Waals surface area (Å²) in [5.41, 5.74) is 1.12. The first-order valence-electron chi connectivity index (χ1n) is 7.09. The normalized spacial score (nSPS) is 16.1. The van der Waals surface area contributed by atoms with Gasteiger partial charge < -0.3 is 0 Å². The molecule has 0 atom stereocenters. The van der Waals surface area contributed by atoms with Gasteiger partial charge >= 0.3 is 0 Å². The maximum absolute atomic E-state index is 3.43. The van der Waals surface area contributed by atoms with E-state index in [1.807, 2.05) is 12.1 Å². The van der Waals surface area contributed by atoms with E-state index in [1.165, 1.54) is 44.9 Å². The van der Waals surface area contributed by atoms with Gasteiger partial charge in [-0.3, -0.25) is 0 Å². The highest BCUT2D eigenvalue weighted by molar-refractivity contribution is 9.10. The molecule has 2 rings (SSSR count). The first-order chi connectivity index (χ1) is 8.84. The van der Waals surface area contributed by atoms with Gasteiger partial charge in [0, 0.05) is 16.5 Å². The summed E-state index contributed by atoms with van der Waals surface area (Å²) in [7, 11) is 0. The van der Waals surface area contributed by atoms with E-state index in [0.29, 0.717) is 0 Å². The maximum atomic E-state index is 3.43. The van der Waals surface area contributed by atoms with Crippen LogP contribution < -0.4 is 0 Å². The summed E-state index contributed by atoms with van der Waals surface area (Å²) in [6.07, 6.45) is 11.0. The van der Waals surface area contributed by atoms with Crippen LogP contribution in [0.25, 0.3) is 0 Å². The fourth-order valence-corrected chi connectivity index (χ4v) is 2.92. The Bertz CT molecular complexity index is 401. The van der Waals surface area contributed by atoms with Crippen LogP contribution in [-0.2, 0) is 0 Å². The van der Waals surface area contributed by atoms with Crippen molar-refractivity contribution >= 4 is 15.9 Å². The van der Waals surface area contributed by atoms with E-state index in [4.69, 9.17) is 0 Å². The Morgan fingerprint density at radius 3 is 2.50 bits per heavy atom. The zero-order valence-corrected chi connectivity index (χ0v) is 12.5. The van der Waals surface area contributed by atoms with Crippen molar-refractivity contribution in [2.45, 2.75) is 51.4 Å². The molecule has 1 saturated carbocycles. The molecule has 1 aliphatic carbocycles. The Kier molecular flexibility index (Phi) is 5.81. The summed E-state index contributed by atoms with van der Waals surface area (Å²) in [6.45, 7) is 0. The third-order valence-electron chi connectivity index (χ3n) is 3.72. The first-order valence-corrected chi connectivity index (χ1v) is 7.88. The summed E-state index contributed by atoms with van der Waals surface area (Å²) in [6, 6.07) is 8.23. The fourth-order valence-electron chi connectivity index (χ4n) is 2.65. The number of unbranched alkanes of at least 4 members (excludes halogenated alkanes) is 1. The van der Waals surface area contributed by atoms with Crippen LogP contribution >= 0.6 is 15.9 Å². The monoisotopic (exact) mass is 304 g/mol. The molecule has 0 spiro atoms. The van der Waals surface area contributed by atoms with Crippen molar-refractivity contribution in [1.82, 2.24) is 0 Å². The van der Waals surface area contributed by atoms with Crippen LogP contribution in [0.2, 0.25) is 0 Å². The lowest BCUT2D eigenvalue weighted by atomic mass is 9.86. The lowest BCUT2D eigenvalue weighted by Gasteiger charge is -2.20. The van der Waals surface area contributed by atoms with Crippen molar-refractivity contribution in [2.75, 3.05) is 0 Å². The standard InChI is InChI=1S/C17H21Br/c18-17-13-11-16(12-14-17)10-6-2-5-9-15-7-3-1-4-8-15/h11-15H,1-5,7-9H2. The van der Waals surface area contributed by atoms with Crippen molar-refractivity contribution < 1.29 is 0 Å². The number of rotatable bonds is 3. The SMILES string of the molecule is Brc1ccc(C#CCCCC2CCCCC2)cc1. The Hall–Kier alpha value is -0.740. The minimum atomic E-state index is 0.994. The molecule has 0 amide bonds. The molecule has 18 heavy (non-hydrogen) atoms. The second-order valence-electron chi connectivity index (χ2n) is 5.20. The molecule has 1 fully saturated rings. The number of halogens is 1. The molecule has 0 saturated heterocycles. The van der Waals surface area contributed by atoms with E-state index in [0.717, 1.165) is 22.4 Å². The molecule has 96 valence electrons. The molecule has 0 nitrogen and oxygen atoms in total. The summed E-state index contributed by atoms with van der Waals surface area (Å²) in [5, 5.41) is 0. The molecule has 0 heterocycles. The highest BCUT2D eigenvalue weighted by atomic mass is 79.9. The molecular formula is C17H21Br. The molecular weight excluding hydrogens is 284 g/mol. The van der Waals surface area contributed by atoms with Crippen LogP contribution in [0.15, 0.2) is 28.7 Å². The second-order valence-corrected chi connectivity index (χ2v) is 6.12. The van der Waals surface area contributed by atoms with Gasteiger partial charge in [0.25, 0.3) is 0 Å². The van der Waals surface area contributed by atoms with Gasteiger partial charge in [-0.1, -0.05) is 59.9 Å². The third kappa shape index (κ3) is 4.86. The molecule has 0 unspecified atom stereocenters. The third-order valence-corrected chi connectivity index (χ3v) is 4.24. The Balaban J connectivity index is 1.67. The van der Waals surface area contributed by atoms with Crippen molar-refractivity contribution in [3.05, 3.63) is 34.3 Å². The van der Waals surface area contributed by atoms with Crippen LogP contribution in [0.5, 0.6) is 0 Å². The van der Waals surface area contributed by atoms with Gasteiger partial charge in [-0.2, -0.15) is 0 Å². The molecule has 1 aromatic rings. The van der Waals surface area contributed by atoms with Gasteiger partial charge in [0.15, 0.2) is 0 Å². The van der Waals surface area contributed by atoms with Crippen LogP contribution in [0.3, 0.4) is 0 Å². The van der Waals surface area contributed by atoms with E-state index < -0.39 is 0 Å². The van der Waals surface area contributed by atoms with Crippen molar-refractivity contribution in [3.8, 4) is 11.8 Å². The average Bonchev–Trinajstić information content (AvgIpc) is 2.42. The van der Waals surface area contributed by atoms with Gasteiger partial charge in [-0.25, -0.2) is 0 Å². The quantitative estimate of drug-likeness (QED) is 0.507. The smallest absolute Gasteiger partial charge is 0.0246 e. The van der Waals surface area contributed by atoms with Crippen molar-refractivity contribution in [2.24, 2.45) is 5.92 Å². The van der Waals surface area contributed by atoms with E-state index in [1.54, 1.807) is 0 Å². The minimum absolute atomic E-state index is 0.994. The zero-order valence-electron chi connectivity index (χ0n) is 10.9. The van der Waals surface area contributed by atoms with Crippen LogP contribution in [0, 0.1) is 17.8 Å². The maximum Gasteiger partial charge on any atom is 0.0246 e. The van der Waals surface area contributed by atoms with Crippen LogP contribution in [0.1, 0.15) is 56.9 Å². The predicted octanol–water partition coefficient (Wildman–Crippen LogP) is 5.55. The largest absolute Gasteiger partial charge is 0.0979 e. The van der Waals surface area contributed by atoms with Gasteiger partial charge in [0.1, 0.15) is 0 Å². The highest BCUT2D eigenvalue weighted by Gasteiger charge is 2.11. The van der Waals surface area contributed by atoms with E-state index in [-0.39, 0.29) is 0 Å². The topological polar surface area (TPSA) is 0 Å². The van der Waals surface area contributed by atoms with Crippen molar-refractivity contribution in [3.63, 3.8) is 0 Å². The summed E-state index contributed by atoms with van der Waals surface area (Å²) in [4.78, 5) is 0. The first kappa shape index (κ1) is 13.7. The Labute approximate surface area is 119 Å². The predicted molar refractivity (Wildman–Crippen MR) is 81.4 cm³/mol. The molecule has 0 bridgehead atoms. The van der Waals surface area contributed by atoms with E-state index in [9.17, 15) is 0 Å². The van der Waals surface area contributed by atoms with Gasteiger partial charge in [-0.15, -0.1) is 0 Å². The lowest BCUT2D eigenvalue weighted by molar-refractivity contribution is 0.334. The summed E-state index contributed by atoms with van der Waals surface area (Å²) >= 11 is 3.43. The summed E-state index contributed by atoms with van der Waals surface area (Å²) < 4.78 is 1.12. The number of hydrogen-bond acceptors (Lipinski definition) is 0. The molecule has 0 radical (unpaired) electrons. The van der Waals surface area contributed by atoms with Crippen LogP contribution in [0.4, 0.5) is 0 Å². The van der Waals surface area contributed by atoms with Gasteiger partial charge in [0.2, 0.25) is 0 Å². The number of benzene rings is 1. The minimum Gasteiger partial charge on any atom is -0.0979 e. The molecule has 0 aliphatic heterocycles. The van der Waals surface area contributed by atoms with Crippen molar-refractivity contribution in [1.29, 1.82) is 0 Å². The lowest BCUT2D eigenvalue weighted by Crippen LogP contribution is -2.05. The van der Waals surface area contributed by atoms with Gasteiger partial charge in [0.05, 0.1) is 0 Å². The molecule has 1 aliphatic rings. The van der Waals surface area contributed by atoms with Gasteiger partial charge in [-0.05, 0) is 43.0 Å². The molecule has 1 aromatic carbocycles. The average molecular weight is 305 g/mol. The molecule has 1 heteroatoms. The Morgan fingerprint density at radius 1 is 1.06 bits per heavy atom. The van der Waals surface area contributed by atoms with E-state index >= 15 is 0 Å². The highest BCUT2D eigenvalue weighted by Crippen LogP contribution is 2.27. The Morgan fingerprint density at radius 2 is 1.78 bits per heavy atom. The number of hydrogen-bond donors (Lipinski definition) is 0. The van der Waals surface area contributed by atoms with Crippen LogP contribution in [-0.4, -0.2) is 0 Å². The molecule has 0 aromatic heterocycles. The molecule has 0 N–H and O–H groups in total.